The van der Waals surface area contributed by atoms with E-state index in [0.717, 1.165) is 17.7 Å². The van der Waals surface area contributed by atoms with E-state index in [9.17, 15) is 17.6 Å². The maximum Gasteiger partial charge on any atom is 0.244 e. The summed E-state index contributed by atoms with van der Waals surface area (Å²) >= 11 is 0. The molecule has 1 atom stereocenters. The maximum atomic E-state index is 13.0. The first-order valence-electron chi connectivity index (χ1n) is 8.74. The summed E-state index contributed by atoms with van der Waals surface area (Å²) in [7, 11) is -3.72. The van der Waals surface area contributed by atoms with Gasteiger partial charge in [-0.25, -0.2) is 17.5 Å². The maximum absolute atomic E-state index is 13.0. The van der Waals surface area contributed by atoms with E-state index >= 15 is 0 Å². The molecule has 6 nitrogen and oxygen atoms in total. The van der Waals surface area contributed by atoms with Crippen molar-refractivity contribution >= 4 is 15.9 Å². The Hall–Kier alpha value is -2.29. The van der Waals surface area contributed by atoms with Crippen LogP contribution in [0.5, 0.6) is 0 Å². The van der Waals surface area contributed by atoms with Gasteiger partial charge >= 0.3 is 0 Å². The van der Waals surface area contributed by atoms with Crippen molar-refractivity contribution in [1.29, 1.82) is 0 Å². The molecule has 27 heavy (non-hydrogen) atoms. The number of hydrogen-bond donors (Lipinski definition) is 2. The average molecular weight is 391 g/mol. The van der Waals surface area contributed by atoms with Gasteiger partial charge in [-0.15, -0.1) is 0 Å². The molecule has 1 aliphatic rings. The Bertz CT molecular complexity index is 880. The number of amides is 1. The summed E-state index contributed by atoms with van der Waals surface area (Å²) in [6.45, 7) is 0.853. The van der Waals surface area contributed by atoms with Gasteiger partial charge in [-0.2, -0.15) is 0 Å². The van der Waals surface area contributed by atoms with Crippen molar-refractivity contribution in [2.75, 3.05) is 13.1 Å². The van der Waals surface area contributed by atoms with Crippen molar-refractivity contribution in [2.45, 2.75) is 29.8 Å². The zero-order valence-corrected chi connectivity index (χ0v) is 15.5. The molecule has 0 radical (unpaired) electrons. The number of carbonyl (C=O) groups is 1. The molecule has 3 rings (SSSR count). The first-order chi connectivity index (χ1) is 12.9. The quantitative estimate of drug-likeness (QED) is 0.813. The van der Waals surface area contributed by atoms with E-state index < -0.39 is 21.9 Å². The first kappa shape index (κ1) is 19.5. The van der Waals surface area contributed by atoms with E-state index in [1.807, 2.05) is 30.3 Å². The Balaban J connectivity index is 1.57. The van der Waals surface area contributed by atoms with Crippen LogP contribution in [-0.4, -0.2) is 38.4 Å². The highest BCUT2D eigenvalue weighted by molar-refractivity contribution is 7.89. The topological polar surface area (TPSA) is 92.5 Å². The molecule has 1 amide bonds. The van der Waals surface area contributed by atoms with Gasteiger partial charge in [0.05, 0.1) is 4.90 Å². The molecule has 2 aromatic rings. The van der Waals surface area contributed by atoms with E-state index in [2.05, 4.69) is 4.72 Å². The highest BCUT2D eigenvalue weighted by Gasteiger charge is 2.29. The number of halogens is 1. The molecule has 1 unspecified atom stereocenters. The van der Waals surface area contributed by atoms with Crippen LogP contribution in [-0.2, 0) is 14.8 Å². The monoisotopic (exact) mass is 391 g/mol. The highest BCUT2D eigenvalue weighted by atomic mass is 32.2. The lowest BCUT2D eigenvalue weighted by Gasteiger charge is -2.33. The minimum Gasteiger partial charge on any atom is -0.341 e. The number of likely N-dealkylation sites (tertiary alicyclic amines) is 1. The molecule has 0 bridgehead atoms. The average Bonchev–Trinajstić information content (AvgIpc) is 2.68. The Morgan fingerprint density at radius 3 is 2.26 bits per heavy atom. The number of nitrogens with zero attached hydrogens (tertiary/aromatic N) is 1. The zero-order chi connectivity index (χ0) is 19.4. The number of hydrogen-bond acceptors (Lipinski definition) is 4. The summed E-state index contributed by atoms with van der Waals surface area (Å²) in [6, 6.07) is 12.8. The second kappa shape index (κ2) is 8.16. The lowest BCUT2D eigenvalue weighted by molar-refractivity contribution is -0.133. The summed E-state index contributed by atoms with van der Waals surface area (Å²) in [5, 5.41) is 0. The third kappa shape index (κ3) is 4.71. The van der Waals surface area contributed by atoms with Crippen LogP contribution in [0.2, 0.25) is 0 Å². The van der Waals surface area contributed by atoms with Crippen LogP contribution in [0, 0.1) is 5.82 Å². The van der Waals surface area contributed by atoms with Gasteiger partial charge < -0.3 is 10.6 Å². The predicted molar refractivity (Wildman–Crippen MR) is 99.7 cm³/mol. The van der Waals surface area contributed by atoms with Gasteiger partial charge in [0, 0.05) is 19.1 Å². The van der Waals surface area contributed by atoms with Gasteiger partial charge in [-0.3, -0.25) is 4.79 Å². The first-order valence-corrected chi connectivity index (χ1v) is 10.2. The summed E-state index contributed by atoms with van der Waals surface area (Å²) in [6.07, 6.45) is 0.987. The summed E-state index contributed by atoms with van der Waals surface area (Å²) in [5.74, 6) is -0.656. The number of carbonyl (C=O) groups excluding carboxylic acids is 1. The molecule has 8 heteroatoms. The number of rotatable bonds is 5. The third-order valence-corrected chi connectivity index (χ3v) is 6.21. The molecule has 0 aromatic heterocycles. The Morgan fingerprint density at radius 2 is 1.67 bits per heavy atom. The fourth-order valence-corrected chi connectivity index (χ4v) is 4.42. The third-order valence-electron chi connectivity index (χ3n) is 4.68. The smallest absolute Gasteiger partial charge is 0.244 e. The molecule has 0 aliphatic carbocycles. The van der Waals surface area contributed by atoms with Crippen molar-refractivity contribution < 1.29 is 17.6 Å². The van der Waals surface area contributed by atoms with Gasteiger partial charge in [0.2, 0.25) is 15.9 Å². The summed E-state index contributed by atoms with van der Waals surface area (Å²) in [5.41, 5.74) is 6.81. The lowest BCUT2D eigenvalue weighted by atomic mass is 10.0. The molecule has 1 fully saturated rings. The van der Waals surface area contributed by atoms with E-state index in [-0.39, 0.29) is 16.8 Å². The minimum absolute atomic E-state index is 0.0218. The standard InChI is InChI=1S/C19H22FN3O3S/c20-15-6-8-17(9-7-15)27(25,26)22-16-10-12-23(13-11-16)19(24)18(21)14-4-2-1-3-5-14/h1-9,16,18,22H,10-13,21H2. The number of nitrogens with two attached hydrogens (primary N) is 1. The largest absolute Gasteiger partial charge is 0.341 e. The van der Waals surface area contributed by atoms with Crippen LogP contribution in [0.25, 0.3) is 0 Å². The molecule has 1 aliphatic heterocycles. The van der Waals surface area contributed by atoms with Crippen molar-refractivity contribution in [2.24, 2.45) is 5.73 Å². The SMILES string of the molecule is NC(C(=O)N1CCC(NS(=O)(=O)c2ccc(F)cc2)CC1)c1ccccc1. The van der Waals surface area contributed by atoms with E-state index in [1.165, 1.54) is 12.1 Å². The molecular weight excluding hydrogens is 369 g/mol. The highest BCUT2D eigenvalue weighted by Crippen LogP contribution is 2.19. The second-order valence-corrected chi connectivity index (χ2v) is 8.28. The summed E-state index contributed by atoms with van der Waals surface area (Å²) < 4.78 is 40.4. The van der Waals surface area contributed by atoms with Crippen LogP contribution in [0.15, 0.2) is 59.5 Å². The van der Waals surface area contributed by atoms with Gasteiger partial charge in [0.15, 0.2) is 0 Å². The second-order valence-electron chi connectivity index (χ2n) is 6.56. The summed E-state index contributed by atoms with van der Waals surface area (Å²) in [4.78, 5) is 14.3. The molecular formula is C19H22FN3O3S. The Morgan fingerprint density at radius 1 is 1.07 bits per heavy atom. The normalized spacial score (nSPS) is 16.9. The van der Waals surface area contributed by atoms with Gasteiger partial charge in [0.1, 0.15) is 11.9 Å². The van der Waals surface area contributed by atoms with E-state index in [4.69, 9.17) is 5.73 Å². The number of sulfonamides is 1. The van der Waals surface area contributed by atoms with Gasteiger partial charge in [-0.1, -0.05) is 30.3 Å². The molecule has 1 heterocycles. The lowest BCUT2D eigenvalue weighted by Crippen LogP contribution is -2.48. The minimum atomic E-state index is -3.72. The number of benzene rings is 2. The Labute approximate surface area is 158 Å². The van der Waals surface area contributed by atoms with E-state index in [1.54, 1.807) is 4.90 Å². The van der Waals surface area contributed by atoms with Crippen LogP contribution in [0.4, 0.5) is 4.39 Å². The Kier molecular flexibility index (Phi) is 5.88. The van der Waals surface area contributed by atoms with Crippen LogP contribution in [0.1, 0.15) is 24.4 Å². The molecule has 2 aromatic carbocycles. The fraction of sp³-hybridized carbons (Fsp3) is 0.316. The van der Waals surface area contributed by atoms with E-state index in [0.29, 0.717) is 25.9 Å². The van der Waals surface area contributed by atoms with Gasteiger partial charge in [0.25, 0.3) is 0 Å². The molecule has 1 saturated heterocycles. The predicted octanol–water partition coefficient (Wildman–Crippen LogP) is 1.79. The fourth-order valence-electron chi connectivity index (χ4n) is 3.12. The molecule has 0 spiro atoms. The van der Waals surface area contributed by atoms with Crippen LogP contribution in [0.3, 0.4) is 0 Å². The van der Waals surface area contributed by atoms with Crippen molar-refractivity contribution in [3.05, 3.63) is 66.0 Å². The zero-order valence-electron chi connectivity index (χ0n) is 14.7. The number of nitrogens with one attached hydrogen (secondary N) is 1. The molecule has 0 saturated carbocycles. The van der Waals surface area contributed by atoms with Crippen molar-refractivity contribution in [3.8, 4) is 0 Å². The molecule has 144 valence electrons. The molecule has 3 N–H and O–H groups in total. The van der Waals surface area contributed by atoms with Crippen LogP contribution < -0.4 is 10.5 Å². The van der Waals surface area contributed by atoms with Crippen molar-refractivity contribution in [1.82, 2.24) is 9.62 Å². The van der Waals surface area contributed by atoms with Crippen LogP contribution >= 0.6 is 0 Å². The van der Waals surface area contributed by atoms with Gasteiger partial charge in [-0.05, 0) is 42.7 Å². The van der Waals surface area contributed by atoms with Crippen molar-refractivity contribution in [3.63, 3.8) is 0 Å². The number of piperidine rings is 1.